The molecule has 0 heterocycles. The Bertz CT molecular complexity index is 444. The fraction of sp³-hybridized carbons (Fsp3) is 0.533. The minimum absolute atomic E-state index is 0.0373. The molecule has 1 aromatic carbocycles. The van der Waals surface area contributed by atoms with Crippen LogP contribution < -0.4 is 10.5 Å². The van der Waals surface area contributed by atoms with Crippen molar-refractivity contribution >= 4 is 0 Å². The fourth-order valence-electron chi connectivity index (χ4n) is 1.59. The maximum atomic E-state index is 8.92. The SMILES string of the molecule is Cc1cc(C(C)N)ccc1OCCC(C)(C)C#N. The Morgan fingerprint density at radius 1 is 1.44 bits per heavy atom. The maximum absolute atomic E-state index is 8.92. The first-order valence-electron chi connectivity index (χ1n) is 6.26. The summed E-state index contributed by atoms with van der Waals surface area (Å²) in [6.07, 6.45) is 0.720. The van der Waals surface area contributed by atoms with Gasteiger partial charge in [-0.05, 0) is 51.3 Å². The highest BCUT2D eigenvalue weighted by atomic mass is 16.5. The molecule has 0 aromatic heterocycles. The number of rotatable bonds is 5. The molecule has 0 radical (unpaired) electrons. The van der Waals surface area contributed by atoms with Crippen LogP contribution in [0.2, 0.25) is 0 Å². The summed E-state index contributed by atoms with van der Waals surface area (Å²) in [6.45, 7) is 8.37. The number of aryl methyl sites for hydroxylation is 1. The molecule has 0 bridgehead atoms. The van der Waals surface area contributed by atoms with Crippen molar-refractivity contribution in [1.29, 1.82) is 5.26 Å². The quantitative estimate of drug-likeness (QED) is 0.866. The Morgan fingerprint density at radius 2 is 2.11 bits per heavy atom. The summed E-state index contributed by atoms with van der Waals surface area (Å²) in [5.74, 6) is 0.869. The van der Waals surface area contributed by atoms with Gasteiger partial charge in [-0.15, -0.1) is 0 Å². The standard InChI is InChI=1S/C15H22N2O/c1-11-9-13(12(2)17)5-6-14(11)18-8-7-15(3,4)10-16/h5-6,9,12H,7-8,17H2,1-4H3. The number of ether oxygens (including phenoxy) is 1. The van der Waals surface area contributed by atoms with Crippen LogP contribution in [0.15, 0.2) is 18.2 Å². The molecule has 3 nitrogen and oxygen atoms in total. The Hall–Kier alpha value is -1.53. The number of hydrogen-bond donors (Lipinski definition) is 1. The van der Waals surface area contributed by atoms with E-state index in [0.29, 0.717) is 6.61 Å². The molecule has 0 spiro atoms. The Kier molecular flexibility index (Phi) is 4.75. The normalized spacial score (nSPS) is 12.9. The molecule has 1 rings (SSSR count). The van der Waals surface area contributed by atoms with Gasteiger partial charge in [0, 0.05) is 6.04 Å². The summed E-state index contributed by atoms with van der Waals surface area (Å²) in [5.41, 5.74) is 7.69. The lowest BCUT2D eigenvalue weighted by Crippen LogP contribution is -2.13. The fourth-order valence-corrected chi connectivity index (χ4v) is 1.59. The van der Waals surface area contributed by atoms with Gasteiger partial charge in [0.1, 0.15) is 5.75 Å². The zero-order valence-corrected chi connectivity index (χ0v) is 11.7. The van der Waals surface area contributed by atoms with Crippen LogP contribution in [0.4, 0.5) is 0 Å². The highest BCUT2D eigenvalue weighted by Gasteiger charge is 2.16. The first kappa shape index (κ1) is 14.5. The van der Waals surface area contributed by atoms with E-state index in [9.17, 15) is 0 Å². The molecule has 0 saturated heterocycles. The van der Waals surface area contributed by atoms with Gasteiger partial charge in [-0.25, -0.2) is 0 Å². The smallest absolute Gasteiger partial charge is 0.122 e. The van der Waals surface area contributed by atoms with E-state index in [4.69, 9.17) is 15.7 Å². The molecule has 1 atom stereocenters. The topological polar surface area (TPSA) is 59.0 Å². The lowest BCUT2D eigenvalue weighted by atomic mass is 9.92. The van der Waals surface area contributed by atoms with Crippen molar-refractivity contribution in [2.24, 2.45) is 11.1 Å². The third-order valence-electron chi connectivity index (χ3n) is 3.01. The first-order valence-corrected chi connectivity index (χ1v) is 6.26. The van der Waals surface area contributed by atoms with Crippen LogP contribution in [0.1, 0.15) is 44.4 Å². The maximum Gasteiger partial charge on any atom is 0.122 e. The molecule has 3 heteroatoms. The number of nitrogens with zero attached hydrogens (tertiary/aromatic N) is 1. The van der Waals surface area contributed by atoms with Gasteiger partial charge in [0.05, 0.1) is 18.1 Å². The van der Waals surface area contributed by atoms with Gasteiger partial charge < -0.3 is 10.5 Å². The number of hydrogen-bond acceptors (Lipinski definition) is 3. The second kappa shape index (κ2) is 5.88. The van der Waals surface area contributed by atoms with Gasteiger partial charge in [0.2, 0.25) is 0 Å². The molecule has 0 saturated carbocycles. The third-order valence-corrected chi connectivity index (χ3v) is 3.01. The monoisotopic (exact) mass is 246 g/mol. The minimum Gasteiger partial charge on any atom is -0.493 e. The molecule has 18 heavy (non-hydrogen) atoms. The van der Waals surface area contributed by atoms with E-state index >= 15 is 0 Å². The molecule has 1 unspecified atom stereocenters. The molecule has 0 aliphatic carbocycles. The van der Waals surface area contributed by atoms with Gasteiger partial charge in [-0.1, -0.05) is 12.1 Å². The van der Waals surface area contributed by atoms with Crippen LogP contribution in [-0.4, -0.2) is 6.61 Å². The molecule has 2 N–H and O–H groups in total. The van der Waals surface area contributed by atoms with Crippen molar-refractivity contribution in [3.8, 4) is 11.8 Å². The number of nitrogens with two attached hydrogens (primary N) is 1. The molecule has 98 valence electrons. The lowest BCUT2D eigenvalue weighted by Gasteiger charge is -2.17. The summed E-state index contributed by atoms with van der Waals surface area (Å²) < 4.78 is 5.72. The van der Waals surface area contributed by atoms with Gasteiger partial charge in [0.25, 0.3) is 0 Å². The average Bonchev–Trinajstić information content (AvgIpc) is 2.31. The van der Waals surface area contributed by atoms with Gasteiger partial charge in [-0.2, -0.15) is 5.26 Å². The molecule has 0 aliphatic rings. The van der Waals surface area contributed by atoms with Crippen LogP contribution in [0.25, 0.3) is 0 Å². The van der Waals surface area contributed by atoms with E-state index in [2.05, 4.69) is 12.1 Å². The van der Waals surface area contributed by atoms with E-state index in [-0.39, 0.29) is 11.5 Å². The highest BCUT2D eigenvalue weighted by Crippen LogP contribution is 2.24. The molecule has 1 aromatic rings. The zero-order chi connectivity index (χ0) is 13.8. The van der Waals surface area contributed by atoms with E-state index < -0.39 is 0 Å². The number of nitriles is 1. The zero-order valence-electron chi connectivity index (χ0n) is 11.7. The summed E-state index contributed by atoms with van der Waals surface area (Å²) in [4.78, 5) is 0. The van der Waals surface area contributed by atoms with E-state index in [1.807, 2.05) is 39.8 Å². The van der Waals surface area contributed by atoms with Gasteiger partial charge in [0.15, 0.2) is 0 Å². The largest absolute Gasteiger partial charge is 0.493 e. The summed E-state index contributed by atoms with van der Waals surface area (Å²) in [5, 5.41) is 8.92. The molecule has 0 amide bonds. The van der Waals surface area contributed by atoms with Gasteiger partial charge >= 0.3 is 0 Å². The molecule has 0 fully saturated rings. The molecular weight excluding hydrogens is 224 g/mol. The Balaban J connectivity index is 2.62. The Morgan fingerprint density at radius 3 is 2.61 bits per heavy atom. The van der Waals surface area contributed by atoms with Crippen molar-refractivity contribution < 1.29 is 4.74 Å². The van der Waals surface area contributed by atoms with Crippen molar-refractivity contribution in [3.05, 3.63) is 29.3 Å². The third kappa shape index (κ3) is 4.05. The van der Waals surface area contributed by atoms with Crippen LogP contribution in [0.3, 0.4) is 0 Å². The van der Waals surface area contributed by atoms with Crippen LogP contribution in [0.5, 0.6) is 5.75 Å². The van der Waals surface area contributed by atoms with E-state index in [0.717, 1.165) is 23.3 Å². The van der Waals surface area contributed by atoms with Crippen LogP contribution >= 0.6 is 0 Å². The van der Waals surface area contributed by atoms with Crippen LogP contribution in [0, 0.1) is 23.7 Å². The van der Waals surface area contributed by atoms with Crippen molar-refractivity contribution in [2.45, 2.75) is 40.2 Å². The molecule has 0 aliphatic heterocycles. The van der Waals surface area contributed by atoms with Crippen LogP contribution in [-0.2, 0) is 0 Å². The summed E-state index contributed by atoms with van der Waals surface area (Å²) in [7, 11) is 0. The summed E-state index contributed by atoms with van der Waals surface area (Å²) in [6, 6.07) is 8.30. The van der Waals surface area contributed by atoms with E-state index in [1.165, 1.54) is 0 Å². The second-order valence-electron chi connectivity index (χ2n) is 5.41. The summed E-state index contributed by atoms with van der Waals surface area (Å²) >= 11 is 0. The second-order valence-corrected chi connectivity index (χ2v) is 5.41. The predicted molar refractivity (Wildman–Crippen MR) is 73.3 cm³/mol. The van der Waals surface area contributed by atoms with Gasteiger partial charge in [-0.3, -0.25) is 0 Å². The first-order chi connectivity index (χ1) is 8.35. The lowest BCUT2D eigenvalue weighted by molar-refractivity contribution is 0.263. The number of benzene rings is 1. The van der Waals surface area contributed by atoms with E-state index in [1.54, 1.807) is 0 Å². The predicted octanol–water partition coefficient (Wildman–Crippen LogP) is 3.33. The molecular formula is C15H22N2O. The Labute approximate surface area is 110 Å². The van der Waals surface area contributed by atoms with Crippen molar-refractivity contribution in [3.63, 3.8) is 0 Å². The van der Waals surface area contributed by atoms with Crippen molar-refractivity contribution in [1.82, 2.24) is 0 Å². The minimum atomic E-state index is -0.334. The highest BCUT2D eigenvalue weighted by molar-refractivity contribution is 5.37. The average molecular weight is 246 g/mol. The van der Waals surface area contributed by atoms with Crippen molar-refractivity contribution in [2.75, 3.05) is 6.61 Å².